The highest BCUT2D eigenvalue weighted by molar-refractivity contribution is 6.19. The van der Waals surface area contributed by atoms with E-state index < -0.39 is 0 Å². The van der Waals surface area contributed by atoms with Crippen LogP contribution in [-0.2, 0) is 4.29 Å². The monoisotopic (exact) mass is 130 g/mol. The molecule has 0 saturated heterocycles. The third-order valence-corrected chi connectivity index (χ3v) is 0.371. The molecule has 0 aromatic heterocycles. The Balaban J connectivity index is 0. The average molecular weight is 131 g/mol. The molecule has 0 N–H and O–H groups in total. The van der Waals surface area contributed by atoms with Crippen LogP contribution in [0.1, 0.15) is 13.8 Å². The second kappa shape index (κ2) is 17.7. The first-order valence-electron chi connectivity index (χ1n) is 1.71. The summed E-state index contributed by atoms with van der Waals surface area (Å²) in [4.78, 5) is 0. The highest BCUT2D eigenvalue weighted by atomic mass is 35.5. The summed E-state index contributed by atoms with van der Waals surface area (Å²) in [7, 11) is 0. The second-order valence-electron chi connectivity index (χ2n) is 0.218. The molecule has 0 aliphatic rings. The zero-order chi connectivity index (χ0) is 5.41. The highest BCUT2D eigenvalue weighted by Gasteiger charge is 1.58. The van der Waals surface area contributed by atoms with Crippen LogP contribution < -0.4 is 0 Å². The molecule has 0 saturated carbocycles. The number of halogens is 2. The van der Waals surface area contributed by atoms with E-state index in [4.69, 9.17) is 11.6 Å². The summed E-state index contributed by atoms with van der Waals surface area (Å²) in [6.07, 6.45) is 0. The van der Waals surface area contributed by atoms with Crippen molar-refractivity contribution in [3.05, 3.63) is 0 Å². The van der Waals surface area contributed by atoms with Crippen LogP contribution in [0.5, 0.6) is 0 Å². The number of hydrogen-bond acceptors (Lipinski definition) is 1. The second-order valence-corrected chi connectivity index (χ2v) is 0.655. The van der Waals surface area contributed by atoms with Crippen molar-refractivity contribution in [2.75, 3.05) is 6.07 Å². The zero-order valence-corrected chi connectivity index (χ0v) is 5.38. The van der Waals surface area contributed by atoms with E-state index in [2.05, 4.69) is 16.2 Å². The lowest BCUT2D eigenvalue weighted by Crippen LogP contribution is -1.58. The van der Waals surface area contributed by atoms with Crippen LogP contribution in [0.4, 0.5) is 0 Å². The van der Waals surface area contributed by atoms with E-state index in [1.807, 2.05) is 13.8 Å². The largest absolute Gasteiger partial charge is 0.263 e. The van der Waals surface area contributed by atoms with Crippen molar-refractivity contribution in [1.82, 2.24) is 0 Å². The van der Waals surface area contributed by atoms with Crippen LogP contribution in [-0.4, -0.2) is 6.07 Å². The zero-order valence-electron chi connectivity index (χ0n) is 3.87. The van der Waals surface area contributed by atoms with Crippen LogP contribution >= 0.6 is 23.5 Å². The van der Waals surface area contributed by atoms with Gasteiger partial charge in [0.1, 0.15) is 6.07 Å². The molecule has 3 heteroatoms. The number of alkyl halides is 1. The summed E-state index contributed by atoms with van der Waals surface area (Å²) in [5, 5.41) is 0. The van der Waals surface area contributed by atoms with Gasteiger partial charge in [-0.3, -0.25) is 4.29 Å². The Hall–Kier alpha value is 0.540. The molecule has 40 valence electrons. The Morgan fingerprint density at radius 2 is 1.67 bits per heavy atom. The molecule has 0 radical (unpaired) electrons. The van der Waals surface area contributed by atoms with E-state index in [-0.39, 0.29) is 6.07 Å². The summed E-state index contributed by atoms with van der Waals surface area (Å²) in [5.41, 5.74) is 0. The molecule has 0 atom stereocenters. The molecular formula is C3H8Cl2O. The maximum Gasteiger partial charge on any atom is 0.142 e. The summed E-state index contributed by atoms with van der Waals surface area (Å²) < 4.78 is 3.78. The molecule has 0 aliphatic carbocycles. The van der Waals surface area contributed by atoms with Gasteiger partial charge < -0.3 is 0 Å². The van der Waals surface area contributed by atoms with E-state index in [0.717, 1.165) is 0 Å². The standard InChI is InChI=1S/C2H6.CH2Cl2O/c1-2;2-1-4-3/h1-2H3;1H2. The van der Waals surface area contributed by atoms with Crippen LogP contribution in [0.3, 0.4) is 0 Å². The molecule has 0 rings (SSSR count). The van der Waals surface area contributed by atoms with Crippen molar-refractivity contribution < 1.29 is 4.29 Å². The molecule has 0 aromatic carbocycles. The third kappa shape index (κ3) is 24.0. The van der Waals surface area contributed by atoms with Crippen molar-refractivity contribution in [2.45, 2.75) is 13.8 Å². The molecule has 6 heavy (non-hydrogen) atoms. The Morgan fingerprint density at radius 1 is 1.50 bits per heavy atom. The van der Waals surface area contributed by atoms with Crippen molar-refractivity contribution in [3.8, 4) is 0 Å². The van der Waals surface area contributed by atoms with E-state index in [1.54, 1.807) is 0 Å². The van der Waals surface area contributed by atoms with E-state index >= 15 is 0 Å². The third-order valence-electron chi connectivity index (χ3n) is 0.0412. The number of rotatable bonds is 1. The van der Waals surface area contributed by atoms with Gasteiger partial charge in [0.05, 0.1) is 11.9 Å². The van der Waals surface area contributed by atoms with Gasteiger partial charge in [0.2, 0.25) is 0 Å². The molecule has 0 bridgehead atoms. The topological polar surface area (TPSA) is 9.23 Å². The summed E-state index contributed by atoms with van der Waals surface area (Å²) >= 11 is 9.39. The van der Waals surface area contributed by atoms with Crippen LogP contribution in [0.2, 0.25) is 0 Å². The lowest BCUT2D eigenvalue weighted by Gasteiger charge is -1.68. The molecule has 0 heterocycles. The van der Waals surface area contributed by atoms with Crippen LogP contribution in [0.15, 0.2) is 0 Å². The van der Waals surface area contributed by atoms with Gasteiger partial charge in [-0.05, 0) is 0 Å². The first-order chi connectivity index (χ1) is 2.91. The normalized spacial score (nSPS) is 6.00. The van der Waals surface area contributed by atoms with Crippen LogP contribution in [0.25, 0.3) is 0 Å². The predicted octanol–water partition coefficient (Wildman–Crippen LogP) is 2.38. The fourth-order valence-corrected chi connectivity index (χ4v) is 0. The molecule has 0 fully saturated rings. The Labute approximate surface area is 48.4 Å². The lowest BCUT2D eigenvalue weighted by atomic mass is 11.0. The van der Waals surface area contributed by atoms with Crippen molar-refractivity contribution in [2.24, 2.45) is 0 Å². The summed E-state index contributed by atoms with van der Waals surface area (Å²) in [5.74, 6) is 0. The molecule has 0 aliphatic heterocycles. The van der Waals surface area contributed by atoms with Crippen molar-refractivity contribution >= 4 is 23.5 Å². The molecule has 0 spiro atoms. The Kier molecular flexibility index (Phi) is 28.7. The number of hydrogen-bond donors (Lipinski definition) is 0. The van der Waals surface area contributed by atoms with Gasteiger partial charge in [-0.15, -0.1) is 0 Å². The minimum Gasteiger partial charge on any atom is -0.263 e. The van der Waals surface area contributed by atoms with Gasteiger partial charge in [0, 0.05) is 0 Å². The highest BCUT2D eigenvalue weighted by Crippen LogP contribution is 1.78. The molecule has 0 aromatic rings. The van der Waals surface area contributed by atoms with E-state index in [9.17, 15) is 0 Å². The molecule has 0 unspecified atom stereocenters. The van der Waals surface area contributed by atoms with Gasteiger partial charge >= 0.3 is 0 Å². The smallest absolute Gasteiger partial charge is 0.142 e. The predicted molar refractivity (Wildman–Crippen MR) is 29.0 cm³/mol. The Morgan fingerprint density at radius 3 is 1.67 bits per heavy atom. The maximum atomic E-state index is 4.83. The minimum absolute atomic E-state index is 0.0571. The molecule has 0 amide bonds. The SMILES string of the molecule is CC.ClCOCl. The first kappa shape index (κ1) is 9.74. The minimum atomic E-state index is 0.0571. The molecular weight excluding hydrogens is 123 g/mol. The van der Waals surface area contributed by atoms with Crippen molar-refractivity contribution in [3.63, 3.8) is 0 Å². The lowest BCUT2D eigenvalue weighted by molar-refractivity contribution is 0.433. The van der Waals surface area contributed by atoms with Gasteiger partial charge in [-0.2, -0.15) is 0 Å². The van der Waals surface area contributed by atoms with Gasteiger partial charge in [-0.25, -0.2) is 0 Å². The van der Waals surface area contributed by atoms with E-state index in [0.29, 0.717) is 0 Å². The van der Waals surface area contributed by atoms with Gasteiger partial charge in [0.25, 0.3) is 0 Å². The Bertz CT molecular complexity index is 10.8. The van der Waals surface area contributed by atoms with Gasteiger partial charge in [-0.1, -0.05) is 25.4 Å². The summed E-state index contributed by atoms with van der Waals surface area (Å²) in [6.45, 7) is 4.00. The van der Waals surface area contributed by atoms with Gasteiger partial charge in [0.15, 0.2) is 0 Å². The molecule has 1 nitrogen and oxygen atoms in total. The van der Waals surface area contributed by atoms with Crippen molar-refractivity contribution in [1.29, 1.82) is 0 Å². The fourth-order valence-electron chi connectivity index (χ4n) is 0. The quantitative estimate of drug-likeness (QED) is 0.496. The van der Waals surface area contributed by atoms with E-state index in [1.165, 1.54) is 0 Å². The fraction of sp³-hybridized carbons (Fsp3) is 1.00. The average Bonchev–Trinajstić information content (AvgIpc) is 1.72. The summed E-state index contributed by atoms with van der Waals surface area (Å²) in [6, 6.07) is 0.0571. The van der Waals surface area contributed by atoms with Crippen LogP contribution in [0, 0.1) is 0 Å². The maximum absolute atomic E-state index is 4.83. The first-order valence-corrected chi connectivity index (χ1v) is 2.55.